The van der Waals surface area contributed by atoms with E-state index in [9.17, 15) is 20.1 Å². The fourth-order valence-corrected chi connectivity index (χ4v) is 4.78. The minimum Gasteiger partial charge on any atom is -0.507 e. The number of phenolic OH excluding ortho intramolecular Hbond substituents is 2. The van der Waals surface area contributed by atoms with Gasteiger partial charge in [-0.05, 0) is 25.6 Å². The Bertz CT molecular complexity index is 1130. The van der Waals surface area contributed by atoms with Gasteiger partial charge in [-0.25, -0.2) is 0 Å². The summed E-state index contributed by atoms with van der Waals surface area (Å²) in [4.78, 5) is 14.9. The van der Waals surface area contributed by atoms with Crippen molar-refractivity contribution in [1.82, 2.24) is 4.90 Å². The van der Waals surface area contributed by atoms with E-state index in [0.717, 1.165) is 28.2 Å². The predicted molar refractivity (Wildman–Crippen MR) is 120 cm³/mol. The number of hydrogen-bond donors (Lipinski definition) is 3. The number of phenols is 2. The molecule has 7 heteroatoms. The average Bonchev–Trinajstić information content (AvgIpc) is 2.68. The number of hydrogen-bond acceptors (Lipinski definition) is 6. The Kier molecular flexibility index (Phi) is 5.54. The number of likely N-dealkylation sites (tertiary alicyclic amines) is 1. The highest BCUT2D eigenvalue weighted by Gasteiger charge is 2.33. The Morgan fingerprint density at radius 2 is 1.97 bits per heavy atom. The van der Waals surface area contributed by atoms with Crippen LogP contribution in [0, 0.1) is 0 Å². The van der Waals surface area contributed by atoms with Gasteiger partial charge in [0.05, 0.1) is 6.10 Å². The molecule has 4 rings (SSSR count). The molecule has 1 saturated heterocycles. The van der Waals surface area contributed by atoms with Gasteiger partial charge in [0.15, 0.2) is 5.43 Å². The number of halogens is 1. The lowest BCUT2D eigenvalue weighted by atomic mass is 9.85. The molecule has 3 aromatic rings. The number of aromatic hydroxyl groups is 2. The zero-order valence-electron chi connectivity index (χ0n) is 15.9. The zero-order valence-corrected chi connectivity index (χ0v) is 18.1. The van der Waals surface area contributed by atoms with Gasteiger partial charge in [-0.15, -0.1) is 0 Å². The predicted octanol–water partition coefficient (Wildman–Crippen LogP) is 3.59. The van der Waals surface area contributed by atoms with E-state index in [0.29, 0.717) is 24.3 Å². The maximum Gasteiger partial charge on any atom is 0.197 e. The van der Waals surface area contributed by atoms with Gasteiger partial charge in [-0.3, -0.25) is 4.79 Å². The van der Waals surface area contributed by atoms with Crippen molar-refractivity contribution in [2.24, 2.45) is 0 Å². The minimum atomic E-state index is -0.719. The van der Waals surface area contributed by atoms with Crippen LogP contribution in [0.3, 0.4) is 0 Å². The first-order chi connectivity index (χ1) is 13.9. The third kappa shape index (κ3) is 3.62. The lowest BCUT2D eigenvalue weighted by Crippen LogP contribution is -2.40. The fraction of sp³-hybridized carbons (Fsp3) is 0.318. The molecule has 29 heavy (non-hydrogen) atoms. The van der Waals surface area contributed by atoms with Crippen molar-refractivity contribution in [2.45, 2.75) is 22.9 Å². The second kappa shape index (κ2) is 7.97. The maximum absolute atomic E-state index is 12.9. The largest absolute Gasteiger partial charge is 0.507 e. The highest BCUT2D eigenvalue weighted by atomic mass is 127. The summed E-state index contributed by atoms with van der Waals surface area (Å²) in [5.74, 6) is -0.520. The van der Waals surface area contributed by atoms with Gasteiger partial charge < -0.3 is 24.6 Å². The Morgan fingerprint density at radius 1 is 1.21 bits per heavy atom. The first-order valence-electron chi connectivity index (χ1n) is 9.44. The summed E-state index contributed by atoms with van der Waals surface area (Å²) in [7, 11) is 1.92. The van der Waals surface area contributed by atoms with Crippen molar-refractivity contribution in [3.05, 3.63) is 57.7 Å². The number of aliphatic hydroxyl groups is 1. The molecular formula is C22H22INO5. The molecule has 1 unspecified atom stereocenters. The van der Waals surface area contributed by atoms with Crippen molar-refractivity contribution in [1.29, 1.82) is 0 Å². The van der Waals surface area contributed by atoms with E-state index in [1.165, 1.54) is 6.07 Å². The first kappa shape index (κ1) is 20.2. The van der Waals surface area contributed by atoms with E-state index in [1.807, 2.05) is 36.2 Å². The molecule has 1 aliphatic heterocycles. The quantitative estimate of drug-likeness (QED) is 0.371. The van der Waals surface area contributed by atoms with Crippen molar-refractivity contribution in [3.8, 4) is 22.8 Å². The topological polar surface area (TPSA) is 94.1 Å². The summed E-state index contributed by atoms with van der Waals surface area (Å²) in [5, 5.41) is 31.6. The molecule has 0 saturated carbocycles. The number of rotatable bonds is 3. The Hall–Kier alpha value is -2.10. The molecule has 1 aromatic heterocycles. The van der Waals surface area contributed by atoms with Crippen LogP contribution in [0.15, 0.2) is 45.6 Å². The summed E-state index contributed by atoms with van der Waals surface area (Å²) in [5.41, 5.74) is 1.94. The number of likely N-dealkylation sites (N-methyl/N-ethyl adjacent to an activating group) is 1. The molecule has 6 nitrogen and oxygen atoms in total. The smallest absolute Gasteiger partial charge is 0.197 e. The summed E-state index contributed by atoms with van der Waals surface area (Å²) in [6.45, 7) is 1.19. The number of alkyl halides is 1. The standard InChI is InChI=1S/C22H22INO5/c1-24-7-6-14(18(28)11-24)20-15(25)8-16(26)21-17(27)9-19(29-22(20)21)13-5-3-2-4-12(13)10-23/h2-5,8-9,14,18,25-26,28H,6-7,10-11H2,1H3/t14?,18-/m1/s1. The van der Waals surface area contributed by atoms with Crippen LogP contribution in [-0.4, -0.2) is 46.5 Å². The van der Waals surface area contributed by atoms with Crippen molar-refractivity contribution >= 4 is 33.6 Å². The van der Waals surface area contributed by atoms with E-state index in [1.54, 1.807) is 0 Å². The van der Waals surface area contributed by atoms with Crippen molar-refractivity contribution in [3.63, 3.8) is 0 Å². The van der Waals surface area contributed by atoms with Crippen LogP contribution in [0.2, 0.25) is 0 Å². The SMILES string of the molecule is CN1CCC(c2c(O)cc(O)c3c(=O)cc(-c4ccccc4CI)oc23)[C@H](O)C1. The van der Waals surface area contributed by atoms with E-state index < -0.39 is 12.0 Å². The van der Waals surface area contributed by atoms with Gasteiger partial charge in [-0.2, -0.15) is 0 Å². The molecule has 2 aromatic carbocycles. The van der Waals surface area contributed by atoms with Crippen molar-refractivity contribution < 1.29 is 19.7 Å². The molecule has 0 spiro atoms. The van der Waals surface area contributed by atoms with E-state index >= 15 is 0 Å². The zero-order chi connectivity index (χ0) is 20.7. The first-order valence-corrected chi connectivity index (χ1v) is 11.0. The Balaban J connectivity index is 1.99. The molecular weight excluding hydrogens is 485 g/mol. The van der Waals surface area contributed by atoms with Gasteiger partial charge in [0, 0.05) is 40.1 Å². The summed E-state index contributed by atoms with van der Waals surface area (Å²) < 4.78 is 6.88. The monoisotopic (exact) mass is 507 g/mol. The lowest BCUT2D eigenvalue weighted by molar-refractivity contribution is 0.0630. The second-order valence-electron chi connectivity index (χ2n) is 7.52. The van der Waals surface area contributed by atoms with Gasteiger partial charge in [0.1, 0.15) is 28.2 Å². The number of piperidine rings is 1. The Labute approximate surface area is 181 Å². The fourth-order valence-electron chi connectivity index (χ4n) is 4.12. The van der Waals surface area contributed by atoms with Crippen LogP contribution < -0.4 is 5.43 Å². The summed E-state index contributed by atoms with van der Waals surface area (Å²) in [6, 6.07) is 10.2. The van der Waals surface area contributed by atoms with Crippen LogP contribution in [-0.2, 0) is 4.43 Å². The third-order valence-corrected chi connectivity index (χ3v) is 6.40. The van der Waals surface area contributed by atoms with E-state index in [4.69, 9.17) is 4.42 Å². The number of fused-ring (bicyclic) bond motifs is 1. The van der Waals surface area contributed by atoms with Crippen LogP contribution in [0.4, 0.5) is 0 Å². The number of nitrogens with zero attached hydrogens (tertiary/aromatic N) is 1. The molecule has 152 valence electrons. The molecule has 0 radical (unpaired) electrons. The van der Waals surface area contributed by atoms with Gasteiger partial charge in [0.25, 0.3) is 0 Å². The van der Waals surface area contributed by atoms with Gasteiger partial charge in [0.2, 0.25) is 0 Å². The number of aliphatic hydroxyl groups excluding tert-OH is 1. The van der Waals surface area contributed by atoms with Gasteiger partial charge in [-0.1, -0.05) is 46.9 Å². The minimum absolute atomic E-state index is 0.0274. The molecule has 3 N–H and O–H groups in total. The molecule has 2 atom stereocenters. The molecule has 0 bridgehead atoms. The highest BCUT2D eigenvalue weighted by molar-refractivity contribution is 14.1. The number of β-amino-alcohol motifs (C(OH)–C–C–N with tert-alkyl or cyclic N) is 1. The summed E-state index contributed by atoms with van der Waals surface area (Å²) in [6.07, 6.45) is -0.119. The normalized spacial score (nSPS) is 20.2. The Morgan fingerprint density at radius 3 is 2.69 bits per heavy atom. The molecule has 1 aliphatic rings. The number of benzene rings is 2. The maximum atomic E-state index is 12.9. The van der Waals surface area contributed by atoms with Crippen molar-refractivity contribution in [2.75, 3.05) is 20.1 Å². The van der Waals surface area contributed by atoms with Crippen LogP contribution in [0.1, 0.15) is 23.5 Å². The van der Waals surface area contributed by atoms with E-state index in [2.05, 4.69) is 22.6 Å². The average molecular weight is 507 g/mol. The molecule has 0 amide bonds. The molecule has 1 fully saturated rings. The second-order valence-corrected chi connectivity index (χ2v) is 8.29. The van der Waals surface area contributed by atoms with Gasteiger partial charge >= 0.3 is 0 Å². The van der Waals surface area contributed by atoms with Crippen LogP contribution >= 0.6 is 22.6 Å². The lowest BCUT2D eigenvalue weighted by Gasteiger charge is -2.34. The van der Waals surface area contributed by atoms with Crippen LogP contribution in [0.5, 0.6) is 11.5 Å². The van der Waals surface area contributed by atoms with E-state index in [-0.39, 0.29) is 27.9 Å². The molecule has 2 heterocycles. The summed E-state index contributed by atoms with van der Waals surface area (Å²) >= 11 is 2.25. The highest BCUT2D eigenvalue weighted by Crippen LogP contribution is 2.42. The third-order valence-electron chi connectivity index (χ3n) is 5.58. The van der Waals surface area contributed by atoms with Crippen LogP contribution in [0.25, 0.3) is 22.3 Å². The molecule has 0 aliphatic carbocycles.